The third-order valence-electron chi connectivity index (χ3n) is 4.57. The molecule has 1 fully saturated rings. The monoisotopic (exact) mass is 390 g/mol. The van der Waals surface area contributed by atoms with E-state index in [-0.39, 0.29) is 17.3 Å². The van der Waals surface area contributed by atoms with Crippen LogP contribution in [0.5, 0.6) is 0 Å². The van der Waals surface area contributed by atoms with E-state index < -0.39 is 18.0 Å². The molecule has 148 valence electrons. The van der Waals surface area contributed by atoms with Gasteiger partial charge in [0, 0.05) is 32.0 Å². The molecule has 28 heavy (non-hydrogen) atoms. The van der Waals surface area contributed by atoms with Gasteiger partial charge in [-0.2, -0.15) is 10.2 Å². The van der Waals surface area contributed by atoms with E-state index in [1.165, 1.54) is 28.6 Å². The predicted molar refractivity (Wildman–Crippen MR) is 98.6 cm³/mol. The predicted octanol–water partition coefficient (Wildman–Crippen LogP) is 1.82. The maximum atomic E-state index is 13.1. The Morgan fingerprint density at radius 3 is 3.04 bits per heavy atom. The molecule has 0 radical (unpaired) electrons. The van der Waals surface area contributed by atoms with Crippen molar-refractivity contribution in [3.63, 3.8) is 0 Å². The minimum atomic E-state index is -2.79. The van der Waals surface area contributed by atoms with Crippen LogP contribution in [-0.2, 0) is 7.05 Å². The maximum Gasteiger partial charge on any atom is 0.284 e. The first-order chi connectivity index (χ1) is 13.5. The Labute approximate surface area is 159 Å². The molecule has 3 N–H and O–H groups in total. The van der Waals surface area contributed by atoms with Gasteiger partial charge in [-0.25, -0.2) is 18.3 Å². The smallest absolute Gasteiger partial charge is 0.284 e. The number of hydrogen-bond donors (Lipinski definition) is 3. The first-order valence-corrected chi connectivity index (χ1v) is 8.96. The quantitative estimate of drug-likeness (QED) is 0.614. The molecule has 1 aliphatic rings. The number of hydrogen-bond acceptors (Lipinski definition) is 6. The highest BCUT2D eigenvalue weighted by atomic mass is 19.3. The van der Waals surface area contributed by atoms with E-state index in [1.54, 1.807) is 12.3 Å². The zero-order valence-electron chi connectivity index (χ0n) is 15.2. The Kier molecular flexibility index (Phi) is 4.90. The summed E-state index contributed by atoms with van der Waals surface area (Å²) in [6.45, 7) is 1.85. The third kappa shape index (κ3) is 3.65. The van der Waals surface area contributed by atoms with E-state index in [0.29, 0.717) is 11.5 Å². The molecule has 0 saturated carbocycles. The topological polar surface area (TPSA) is 101 Å². The normalized spacial score (nSPS) is 17.2. The average Bonchev–Trinajstić information content (AvgIpc) is 3.25. The fraction of sp³-hybridized carbons (Fsp3) is 0.412. The fourth-order valence-corrected chi connectivity index (χ4v) is 3.25. The second-order valence-electron chi connectivity index (χ2n) is 6.68. The molecule has 1 saturated heterocycles. The Balaban J connectivity index is 1.57. The van der Waals surface area contributed by atoms with Crippen molar-refractivity contribution in [1.29, 1.82) is 0 Å². The number of carbonyl (C=O) groups excluding carboxylic acids is 1. The van der Waals surface area contributed by atoms with Gasteiger partial charge in [0.05, 0.1) is 11.9 Å². The number of nitrogens with one attached hydrogen (secondary N) is 3. The number of piperidine rings is 1. The van der Waals surface area contributed by atoms with Crippen LogP contribution in [0.1, 0.15) is 35.3 Å². The summed E-state index contributed by atoms with van der Waals surface area (Å²) >= 11 is 0. The largest absolute Gasteiger partial charge is 0.366 e. The van der Waals surface area contributed by atoms with E-state index in [9.17, 15) is 13.6 Å². The van der Waals surface area contributed by atoms with E-state index >= 15 is 0 Å². The molecular formula is C17H20F2N8O. The lowest BCUT2D eigenvalue weighted by Gasteiger charge is -2.24. The lowest BCUT2D eigenvalue weighted by Crippen LogP contribution is -2.38. The van der Waals surface area contributed by atoms with Gasteiger partial charge in [-0.15, -0.1) is 0 Å². The van der Waals surface area contributed by atoms with Crippen LogP contribution in [0.2, 0.25) is 0 Å². The Morgan fingerprint density at radius 2 is 2.29 bits per heavy atom. The molecule has 9 nitrogen and oxygen atoms in total. The molecule has 0 unspecified atom stereocenters. The van der Waals surface area contributed by atoms with Crippen molar-refractivity contribution in [2.45, 2.75) is 25.3 Å². The lowest BCUT2D eigenvalue weighted by molar-refractivity contribution is 0.102. The van der Waals surface area contributed by atoms with Gasteiger partial charge in [-0.1, -0.05) is 0 Å². The van der Waals surface area contributed by atoms with E-state index in [1.807, 2.05) is 0 Å². The molecule has 0 aliphatic carbocycles. The highest BCUT2D eigenvalue weighted by Gasteiger charge is 2.22. The SMILES string of the molecule is Cn1cc(NC(=O)c2cnn3ccc(N[C@H]4CCCNC4)nc23)c(C(F)F)n1. The second kappa shape index (κ2) is 7.50. The van der Waals surface area contributed by atoms with Crippen molar-refractivity contribution in [1.82, 2.24) is 29.7 Å². The van der Waals surface area contributed by atoms with Gasteiger partial charge in [-0.05, 0) is 25.5 Å². The number of amides is 1. The number of alkyl halides is 2. The molecule has 4 heterocycles. The molecule has 3 aromatic rings. The Hall–Kier alpha value is -3.08. The summed E-state index contributed by atoms with van der Waals surface area (Å²) in [4.78, 5) is 17.1. The van der Waals surface area contributed by atoms with Gasteiger partial charge < -0.3 is 16.0 Å². The summed E-state index contributed by atoms with van der Waals surface area (Å²) < 4.78 is 28.9. The van der Waals surface area contributed by atoms with Crippen LogP contribution >= 0.6 is 0 Å². The number of anilines is 2. The third-order valence-corrected chi connectivity index (χ3v) is 4.57. The summed E-state index contributed by atoms with van der Waals surface area (Å²) in [5.41, 5.74) is 0.0140. The lowest BCUT2D eigenvalue weighted by atomic mass is 10.1. The summed E-state index contributed by atoms with van der Waals surface area (Å²) in [5, 5.41) is 17.0. The molecule has 1 aliphatic heterocycles. The van der Waals surface area contributed by atoms with E-state index in [4.69, 9.17) is 0 Å². The molecule has 0 bridgehead atoms. The molecule has 1 atom stereocenters. The van der Waals surface area contributed by atoms with Crippen LogP contribution in [0.15, 0.2) is 24.7 Å². The zero-order chi connectivity index (χ0) is 19.7. The van der Waals surface area contributed by atoms with E-state index in [2.05, 4.69) is 31.1 Å². The summed E-state index contributed by atoms with van der Waals surface area (Å²) in [6.07, 6.45) is 3.72. The Bertz CT molecular complexity index is 992. The highest BCUT2D eigenvalue weighted by molar-refractivity contribution is 6.08. The second-order valence-corrected chi connectivity index (χ2v) is 6.68. The van der Waals surface area contributed by atoms with Gasteiger partial charge in [0.15, 0.2) is 11.3 Å². The summed E-state index contributed by atoms with van der Waals surface area (Å²) in [5.74, 6) is 0.0549. The van der Waals surface area contributed by atoms with Gasteiger partial charge in [0.2, 0.25) is 0 Å². The van der Waals surface area contributed by atoms with Crippen LogP contribution < -0.4 is 16.0 Å². The number of halogens is 2. The number of fused-ring (bicyclic) bond motifs is 1. The molecule has 3 aromatic heterocycles. The minimum Gasteiger partial charge on any atom is -0.366 e. The van der Waals surface area contributed by atoms with Gasteiger partial charge in [0.25, 0.3) is 12.3 Å². The number of aryl methyl sites for hydroxylation is 1. The molecular weight excluding hydrogens is 370 g/mol. The molecule has 0 spiro atoms. The Morgan fingerprint density at radius 1 is 1.43 bits per heavy atom. The van der Waals surface area contributed by atoms with Crippen molar-refractivity contribution in [3.05, 3.63) is 35.9 Å². The average molecular weight is 390 g/mol. The van der Waals surface area contributed by atoms with Crippen molar-refractivity contribution in [3.8, 4) is 0 Å². The van der Waals surface area contributed by atoms with Gasteiger partial charge in [-0.3, -0.25) is 9.48 Å². The zero-order valence-corrected chi connectivity index (χ0v) is 15.2. The fourth-order valence-electron chi connectivity index (χ4n) is 3.25. The number of carbonyl (C=O) groups is 1. The highest BCUT2D eigenvalue weighted by Crippen LogP contribution is 2.26. The minimum absolute atomic E-state index is 0.0376. The van der Waals surface area contributed by atoms with Crippen LogP contribution in [0.4, 0.5) is 20.3 Å². The summed E-state index contributed by atoms with van der Waals surface area (Å²) in [7, 11) is 1.51. The van der Waals surface area contributed by atoms with Crippen molar-refractivity contribution in [2.24, 2.45) is 7.05 Å². The van der Waals surface area contributed by atoms with Crippen LogP contribution in [0, 0.1) is 0 Å². The maximum absolute atomic E-state index is 13.1. The first-order valence-electron chi connectivity index (χ1n) is 8.96. The standard InChI is InChI=1S/C17H20F2N8O/c1-26-9-12(14(25-26)15(18)19)23-17(28)11-8-21-27-6-4-13(24-16(11)27)22-10-3-2-5-20-7-10/h4,6,8-10,15,20H,2-3,5,7H2,1H3,(H,22,24)(H,23,28)/t10-/m0/s1. The molecule has 4 rings (SSSR count). The van der Waals surface area contributed by atoms with Crippen LogP contribution in [0.3, 0.4) is 0 Å². The van der Waals surface area contributed by atoms with Crippen LogP contribution in [-0.4, -0.2) is 49.4 Å². The van der Waals surface area contributed by atoms with Gasteiger partial charge >= 0.3 is 0 Å². The van der Waals surface area contributed by atoms with Crippen LogP contribution in [0.25, 0.3) is 5.65 Å². The van der Waals surface area contributed by atoms with Gasteiger partial charge in [0.1, 0.15) is 11.4 Å². The van der Waals surface area contributed by atoms with E-state index in [0.717, 1.165) is 25.9 Å². The first kappa shape index (κ1) is 18.3. The number of aromatic nitrogens is 5. The summed E-state index contributed by atoms with van der Waals surface area (Å²) in [6, 6.07) is 2.04. The van der Waals surface area contributed by atoms with Crippen molar-refractivity contribution in [2.75, 3.05) is 23.7 Å². The molecule has 1 amide bonds. The number of rotatable bonds is 5. The molecule has 0 aromatic carbocycles. The van der Waals surface area contributed by atoms with Crippen molar-refractivity contribution < 1.29 is 13.6 Å². The molecule has 11 heteroatoms. The van der Waals surface area contributed by atoms with Crippen molar-refractivity contribution >= 4 is 23.1 Å². The number of nitrogens with zero attached hydrogens (tertiary/aromatic N) is 5.